The van der Waals surface area contributed by atoms with E-state index in [1.165, 1.54) is 7.11 Å². The van der Waals surface area contributed by atoms with Crippen LogP contribution in [0, 0.1) is 11.3 Å². The smallest absolute Gasteiger partial charge is 0.416 e. The molecule has 0 saturated carbocycles. The Morgan fingerprint density at radius 2 is 2.15 bits per heavy atom. The summed E-state index contributed by atoms with van der Waals surface area (Å²) in [6, 6.07) is 3.69. The topological polar surface area (TPSA) is 62.1 Å². The monoisotopic (exact) mass is 286 g/mol. The van der Waals surface area contributed by atoms with Crippen molar-refractivity contribution in [1.29, 1.82) is 5.26 Å². The highest BCUT2D eigenvalue weighted by atomic mass is 19.4. The van der Waals surface area contributed by atoms with Crippen LogP contribution in [0.25, 0.3) is 0 Å². The van der Waals surface area contributed by atoms with Crippen molar-refractivity contribution in [3.63, 3.8) is 0 Å². The van der Waals surface area contributed by atoms with Gasteiger partial charge >= 0.3 is 12.1 Å². The minimum Gasteiger partial charge on any atom is -0.467 e. The van der Waals surface area contributed by atoms with Gasteiger partial charge in [0.1, 0.15) is 12.1 Å². The van der Waals surface area contributed by atoms with Gasteiger partial charge in [-0.25, -0.2) is 4.79 Å². The van der Waals surface area contributed by atoms with Crippen LogP contribution < -0.4 is 5.32 Å². The number of halogens is 3. The molecule has 0 aliphatic carbocycles. The van der Waals surface area contributed by atoms with E-state index in [4.69, 9.17) is 5.26 Å². The second-order valence-electron chi connectivity index (χ2n) is 4.00. The van der Waals surface area contributed by atoms with Crippen LogP contribution >= 0.6 is 0 Å². The second-order valence-corrected chi connectivity index (χ2v) is 4.00. The summed E-state index contributed by atoms with van der Waals surface area (Å²) in [6.45, 7) is 1.71. The lowest BCUT2D eigenvalue weighted by atomic mass is 10.1. The molecule has 1 rings (SSSR count). The van der Waals surface area contributed by atoms with Gasteiger partial charge in [-0.2, -0.15) is 18.4 Å². The van der Waals surface area contributed by atoms with Gasteiger partial charge in [0.2, 0.25) is 0 Å². The van der Waals surface area contributed by atoms with Crippen LogP contribution in [0.5, 0.6) is 0 Å². The molecule has 0 saturated heterocycles. The first-order chi connectivity index (χ1) is 9.33. The average Bonchev–Trinajstić information content (AvgIpc) is 2.42. The zero-order valence-electron chi connectivity index (χ0n) is 10.9. The zero-order chi connectivity index (χ0) is 15.3. The van der Waals surface area contributed by atoms with Crippen molar-refractivity contribution in [3.8, 4) is 6.07 Å². The molecule has 0 spiro atoms. The van der Waals surface area contributed by atoms with Gasteiger partial charge in [0, 0.05) is 0 Å². The summed E-state index contributed by atoms with van der Waals surface area (Å²) in [7, 11) is 1.21. The molecular weight excluding hydrogens is 273 g/mol. The third kappa shape index (κ3) is 3.63. The number of alkyl halides is 3. The van der Waals surface area contributed by atoms with E-state index in [2.05, 4.69) is 10.1 Å². The molecule has 7 heteroatoms. The number of carbonyl (C=O) groups is 1. The highest BCUT2D eigenvalue weighted by Crippen LogP contribution is 2.31. The molecule has 108 valence electrons. The summed E-state index contributed by atoms with van der Waals surface area (Å²) < 4.78 is 42.2. The molecular formula is C13H13F3N2O2. The number of ether oxygens (including phenoxy) is 1. The van der Waals surface area contributed by atoms with E-state index >= 15 is 0 Å². The summed E-state index contributed by atoms with van der Waals surface area (Å²) in [5.74, 6) is -0.545. The van der Waals surface area contributed by atoms with Crippen molar-refractivity contribution in [1.82, 2.24) is 0 Å². The van der Waals surface area contributed by atoms with E-state index in [0.717, 1.165) is 18.2 Å². The van der Waals surface area contributed by atoms with Crippen molar-refractivity contribution in [2.75, 3.05) is 12.4 Å². The third-order valence-corrected chi connectivity index (χ3v) is 2.69. The number of carbonyl (C=O) groups excluding carboxylic acids is 1. The summed E-state index contributed by atoms with van der Waals surface area (Å²) in [6.07, 6.45) is -4.14. The maximum absolute atomic E-state index is 12.5. The van der Waals surface area contributed by atoms with Crippen molar-refractivity contribution >= 4 is 11.7 Å². The number of esters is 1. The maximum Gasteiger partial charge on any atom is 0.416 e. The number of nitrogens with zero attached hydrogens (tertiary/aromatic N) is 1. The lowest BCUT2D eigenvalue weighted by Gasteiger charge is -2.17. The van der Waals surface area contributed by atoms with Crippen molar-refractivity contribution < 1.29 is 22.7 Å². The van der Waals surface area contributed by atoms with Gasteiger partial charge < -0.3 is 10.1 Å². The number of hydrogen-bond acceptors (Lipinski definition) is 4. The van der Waals surface area contributed by atoms with E-state index in [1.807, 2.05) is 0 Å². The minimum absolute atomic E-state index is 0.165. The van der Waals surface area contributed by atoms with Crippen molar-refractivity contribution in [2.24, 2.45) is 0 Å². The number of nitrogens with one attached hydrogen (secondary N) is 1. The Bertz CT molecular complexity index is 535. The molecule has 0 amide bonds. The average molecular weight is 286 g/mol. The first-order valence-electron chi connectivity index (χ1n) is 5.79. The van der Waals surface area contributed by atoms with Gasteiger partial charge in [0.15, 0.2) is 0 Å². The van der Waals surface area contributed by atoms with E-state index in [9.17, 15) is 18.0 Å². The van der Waals surface area contributed by atoms with E-state index in [0.29, 0.717) is 6.42 Å². The highest BCUT2D eigenvalue weighted by Gasteiger charge is 2.31. The van der Waals surface area contributed by atoms with Gasteiger partial charge in [-0.15, -0.1) is 0 Å². The fourth-order valence-corrected chi connectivity index (χ4v) is 1.60. The standard InChI is InChI=1S/C13H13F3N2O2/c1-3-10(12(19)20-2)18-11-5-4-9(13(14,15)16)6-8(11)7-17/h4-6,10,18H,3H2,1-2H3. The Morgan fingerprint density at radius 3 is 2.60 bits per heavy atom. The molecule has 1 N–H and O–H groups in total. The summed E-state index contributed by atoms with van der Waals surface area (Å²) in [5, 5.41) is 11.6. The number of rotatable bonds is 4. The van der Waals surface area contributed by atoms with Gasteiger partial charge in [0.25, 0.3) is 0 Å². The van der Waals surface area contributed by atoms with Gasteiger partial charge in [-0.05, 0) is 24.6 Å². The van der Waals surface area contributed by atoms with E-state index in [-0.39, 0.29) is 11.3 Å². The van der Waals surface area contributed by atoms with Crippen LogP contribution in [0.2, 0.25) is 0 Å². The van der Waals surface area contributed by atoms with Crippen LogP contribution in [-0.2, 0) is 15.7 Å². The van der Waals surface area contributed by atoms with Gasteiger partial charge in [0.05, 0.1) is 23.9 Å². The molecule has 0 aliphatic rings. The summed E-state index contributed by atoms with van der Waals surface area (Å²) >= 11 is 0. The summed E-state index contributed by atoms with van der Waals surface area (Å²) in [4.78, 5) is 11.4. The fourth-order valence-electron chi connectivity index (χ4n) is 1.60. The number of methoxy groups -OCH3 is 1. The first-order valence-corrected chi connectivity index (χ1v) is 5.79. The van der Waals surface area contributed by atoms with Crippen LogP contribution in [0.3, 0.4) is 0 Å². The Morgan fingerprint density at radius 1 is 1.50 bits per heavy atom. The third-order valence-electron chi connectivity index (χ3n) is 2.69. The van der Waals surface area contributed by atoms with Crippen LogP contribution in [0.15, 0.2) is 18.2 Å². The quantitative estimate of drug-likeness (QED) is 0.864. The largest absolute Gasteiger partial charge is 0.467 e. The molecule has 0 aromatic heterocycles. The predicted octanol–water partition coefficient (Wildman–Crippen LogP) is 2.94. The molecule has 4 nitrogen and oxygen atoms in total. The highest BCUT2D eigenvalue weighted by molar-refractivity contribution is 5.80. The summed E-state index contributed by atoms with van der Waals surface area (Å²) in [5.41, 5.74) is -0.925. The molecule has 0 aliphatic heterocycles. The Hall–Kier alpha value is -2.23. The lowest BCUT2D eigenvalue weighted by molar-refractivity contribution is -0.141. The van der Waals surface area contributed by atoms with Crippen LogP contribution in [0.4, 0.5) is 18.9 Å². The maximum atomic E-state index is 12.5. The van der Waals surface area contributed by atoms with Crippen molar-refractivity contribution in [2.45, 2.75) is 25.6 Å². The molecule has 1 aromatic carbocycles. The van der Waals surface area contributed by atoms with Crippen LogP contribution in [-0.4, -0.2) is 19.1 Å². The lowest BCUT2D eigenvalue weighted by Crippen LogP contribution is -2.30. The Balaban J connectivity index is 3.08. The number of anilines is 1. The SMILES string of the molecule is CCC(Nc1ccc(C(F)(F)F)cc1C#N)C(=O)OC. The van der Waals surface area contributed by atoms with E-state index < -0.39 is 23.8 Å². The Labute approximate surface area is 114 Å². The molecule has 0 heterocycles. The molecule has 0 bridgehead atoms. The predicted molar refractivity (Wildman–Crippen MR) is 65.9 cm³/mol. The molecule has 1 unspecified atom stereocenters. The van der Waals surface area contributed by atoms with Crippen molar-refractivity contribution in [3.05, 3.63) is 29.3 Å². The minimum atomic E-state index is -4.52. The number of nitriles is 1. The number of benzene rings is 1. The first kappa shape index (κ1) is 15.8. The molecule has 1 aromatic rings. The molecule has 0 radical (unpaired) electrons. The normalized spacial score (nSPS) is 12.4. The molecule has 1 atom stereocenters. The fraction of sp³-hybridized carbons (Fsp3) is 0.385. The molecule has 20 heavy (non-hydrogen) atoms. The zero-order valence-corrected chi connectivity index (χ0v) is 10.9. The van der Waals surface area contributed by atoms with Crippen LogP contribution in [0.1, 0.15) is 24.5 Å². The number of hydrogen-bond donors (Lipinski definition) is 1. The second kappa shape index (κ2) is 6.28. The van der Waals surface area contributed by atoms with E-state index in [1.54, 1.807) is 13.0 Å². The van der Waals surface area contributed by atoms with Gasteiger partial charge in [-0.1, -0.05) is 6.92 Å². The Kier molecular flexibility index (Phi) is 4.97. The van der Waals surface area contributed by atoms with Gasteiger partial charge in [-0.3, -0.25) is 0 Å². The molecule has 0 fully saturated rings.